The number of halogens is 5. The molecule has 0 radical (unpaired) electrons. The zero-order valence-corrected chi connectivity index (χ0v) is 9.79. The Balaban J connectivity index is 2.72. The van der Waals surface area contributed by atoms with E-state index in [9.17, 15) is 13.2 Å². The lowest BCUT2D eigenvalue weighted by Crippen LogP contribution is -1.92. The Morgan fingerprint density at radius 3 is 2.24 bits per heavy atom. The number of benzene rings is 2. The topological polar surface area (TPSA) is 0 Å². The van der Waals surface area contributed by atoms with Gasteiger partial charge >= 0.3 is 0 Å². The van der Waals surface area contributed by atoms with E-state index in [2.05, 4.69) is 0 Å². The molecule has 2 aromatic rings. The number of rotatable bonds is 1. The Kier molecular flexibility index (Phi) is 3.31. The smallest absolute Gasteiger partial charge is 0.166 e. The van der Waals surface area contributed by atoms with E-state index in [1.807, 2.05) is 0 Å². The maximum Gasteiger partial charge on any atom is 0.166 e. The Hall–Kier alpha value is -1.19. The fourth-order valence-corrected chi connectivity index (χ4v) is 1.85. The van der Waals surface area contributed by atoms with Gasteiger partial charge in [-0.05, 0) is 24.3 Å². The summed E-state index contributed by atoms with van der Waals surface area (Å²) in [6.45, 7) is 0. The van der Waals surface area contributed by atoms with Gasteiger partial charge in [0.1, 0.15) is 5.82 Å². The molecular formula is C12H5Cl2F3. The minimum Gasteiger partial charge on any atom is -0.207 e. The van der Waals surface area contributed by atoms with E-state index in [0.29, 0.717) is 11.1 Å². The lowest BCUT2D eigenvalue weighted by Gasteiger charge is -2.07. The second-order valence-electron chi connectivity index (χ2n) is 3.37. The number of hydrogen-bond donors (Lipinski definition) is 0. The van der Waals surface area contributed by atoms with Crippen LogP contribution in [-0.2, 0) is 0 Å². The van der Waals surface area contributed by atoms with Gasteiger partial charge in [-0.1, -0.05) is 23.2 Å². The average Bonchev–Trinajstić information content (AvgIpc) is 2.27. The third kappa shape index (κ3) is 2.40. The first kappa shape index (κ1) is 12.3. The molecule has 0 aliphatic rings. The summed E-state index contributed by atoms with van der Waals surface area (Å²) in [4.78, 5) is 0. The summed E-state index contributed by atoms with van der Waals surface area (Å²) in [6, 6.07) is 5.62. The minimum absolute atomic E-state index is 0.148. The molecule has 0 unspecified atom stereocenters. The quantitative estimate of drug-likeness (QED) is 0.638. The molecule has 0 N–H and O–H groups in total. The highest BCUT2D eigenvalue weighted by atomic mass is 35.5. The molecule has 2 rings (SSSR count). The van der Waals surface area contributed by atoms with Crippen LogP contribution in [0.2, 0.25) is 10.0 Å². The summed E-state index contributed by atoms with van der Waals surface area (Å²) >= 11 is 11.6. The molecule has 0 nitrogen and oxygen atoms in total. The van der Waals surface area contributed by atoms with Crippen LogP contribution in [0.4, 0.5) is 13.2 Å². The molecule has 0 saturated carbocycles. The summed E-state index contributed by atoms with van der Waals surface area (Å²) in [6.07, 6.45) is 0. The highest BCUT2D eigenvalue weighted by Gasteiger charge is 2.15. The molecule has 0 heterocycles. The van der Waals surface area contributed by atoms with Gasteiger partial charge < -0.3 is 0 Å². The third-order valence-corrected chi connectivity index (χ3v) is 2.78. The molecule has 0 aliphatic heterocycles. The second-order valence-corrected chi connectivity index (χ2v) is 4.22. The predicted octanol–water partition coefficient (Wildman–Crippen LogP) is 5.08. The standard InChI is InChI=1S/C12H5Cl2F3/c13-6-1-2-10(14)8(3-6)9-4-7(15)5-11(16)12(9)17/h1-5H. The molecule has 0 aromatic heterocycles. The van der Waals surface area contributed by atoms with E-state index < -0.39 is 17.5 Å². The van der Waals surface area contributed by atoms with Crippen molar-refractivity contribution in [1.82, 2.24) is 0 Å². The minimum atomic E-state index is -1.27. The van der Waals surface area contributed by atoms with Gasteiger partial charge in [-0.3, -0.25) is 0 Å². The third-order valence-electron chi connectivity index (χ3n) is 2.21. The van der Waals surface area contributed by atoms with Crippen molar-refractivity contribution >= 4 is 23.2 Å². The molecule has 5 heteroatoms. The van der Waals surface area contributed by atoms with Gasteiger partial charge in [0, 0.05) is 27.2 Å². The molecule has 0 saturated heterocycles. The SMILES string of the molecule is Fc1cc(F)c(F)c(-c2cc(Cl)ccc2Cl)c1. The van der Waals surface area contributed by atoms with Gasteiger partial charge in [0.25, 0.3) is 0 Å². The largest absolute Gasteiger partial charge is 0.207 e. The van der Waals surface area contributed by atoms with E-state index in [4.69, 9.17) is 23.2 Å². The van der Waals surface area contributed by atoms with Crippen molar-refractivity contribution in [3.05, 3.63) is 57.8 Å². The first-order valence-corrected chi connectivity index (χ1v) is 5.34. The van der Waals surface area contributed by atoms with E-state index in [1.54, 1.807) is 0 Å². The molecule has 2 aromatic carbocycles. The van der Waals surface area contributed by atoms with Gasteiger partial charge in [0.2, 0.25) is 0 Å². The van der Waals surface area contributed by atoms with Crippen molar-refractivity contribution in [2.45, 2.75) is 0 Å². The van der Waals surface area contributed by atoms with Crippen molar-refractivity contribution in [3.8, 4) is 11.1 Å². The average molecular weight is 277 g/mol. The fourth-order valence-electron chi connectivity index (χ4n) is 1.46. The number of hydrogen-bond acceptors (Lipinski definition) is 0. The monoisotopic (exact) mass is 276 g/mol. The summed E-state index contributed by atoms with van der Waals surface area (Å²) in [5, 5.41) is 0.465. The first-order valence-electron chi connectivity index (χ1n) is 4.59. The van der Waals surface area contributed by atoms with Crippen LogP contribution in [0.15, 0.2) is 30.3 Å². The highest BCUT2D eigenvalue weighted by molar-refractivity contribution is 6.35. The molecule has 0 aliphatic carbocycles. The van der Waals surface area contributed by atoms with Crippen molar-refractivity contribution < 1.29 is 13.2 Å². The van der Waals surface area contributed by atoms with Crippen LogP contribution in [0.5, 0.6) is 0 Å². The molecule has 0 atom stereocenters. The van der Waals surface area contributed by atoms with Crippen molar-refractivity contribution in [2.75, 3.05) is 0 Å². The summed E-state index contributed by atoms with van der Waals surface area (Å²) in [5.74, 6) is -3.30. The molecule has 0 fully saturated rings. The highest BCUT2D eigenvalue weighted by Crippen LogP contribution is 2.33. The molecule has 0 bridgehead atoms. The molecule has 17 heavy (non-hydrogen) atoms. The Bertz CT molecular complexity index is 582. The van der Waals surface area contributed by atoms with Gasteiger partial charge in [0.05, 0.1) is 0 Å². The van der Waals surface area contributed by atoms with Crippen LogP contribution in [-0.4, -0.2) is 0 Å². The second kappa shape index (κ2) is 4.59. The zero-order valence-electron chi connectivity index (χ0n) is 8.28. The van der Waals surface area contributed by atoms with Gasteiger partial charge in [0.15, 0.2) is 11.6 Å². The van der Waals surface area contributed by atoms with Crippen molar-refractivity contribution in [1.29, 1.82) is 0 Å². The van der Waals surface area contributed by atoms with E-state index in [1.165, 1.54) is 18.2 Å². The summed E-state index contributed by atoms with van der Waals surface area (Å²) in [5.41, 5.74) is -0.106. The normalized spacial score (nSPS) is 10.6. The lowest BCUT2D eigenvalue weighted by molar-refractivity contribution is 0.497. The lowest BCUT2D eigenvalue weighted by atomic mass is 10.0. The Morgan fingerprint density at radius 2 is 1.53 bits per heavy atom. The van der Waals surface area contributed by atoms with Gasteiger partial charge in [-0.25, -0.2) is 13.2 Å². The molecule has 0 spiro atoms. The summed E-state index contributed by atoms with van der Waals surface area (Å²) in [7, 11) is 0. The van der Waals surface area contributed by atoms with Crippen LogP contribution >= 0.6 is 23.2 Å². The van der Waals surface area contributed by atoms with Crippen molar-refractivity contribution in [3.63, 3.8) is 0 Å². The Labute approximate surface area is 106 Å². The molecule has 88 valence electrons. The van der Waals surface area contributed by atoms with Gasteiger partial charge in [-0.15, -0.1) is 0 Å². The van der Waals surface area contributed by atoms with E-state index in [0.717, 1.165) is 6.07 Å². The predicted molar refractivity (Wildman–Crippen MR) is 61.8 cm³/mol. The van der Waals surface area contributed by atoms with Crippen LogP contribution in [0.25, 0.3) is 11.1 Å². The van der Waals surface area contributed by atoms with Crippen LogP contribution < -0.4 is 0 Å². The van der Waals surface area contributed by atoms with Crippen LogP contribution in [0.1, 0.15) is 0 Å². The molecule has 0 amide bonds. The molecular weight excluding hydrogens is 272 g/mol. The maximum atomic E-state index is 13.5. The van der Waals surface area contributed by atoms with Crippen LogP contribution in [0, 0.1) is 17.5 Å². The van der Waals surface area contributed by atoms with E-state index >= 15 is 0 Å². The van der Waals surface area contributed by atoms with Gasteiger partial charge in [-0.2, -0.15) is 0 Å². The summed E-state index contributed by atoms with van der Waals surface area (Å²) < 4.78 is 39.6. The van der Waals surface area contributed by atoms with E-state index in [-0.39, 0.29) is 16.1 Å². The fraction of sp³-hybridized carbons (Fsp3) is 0. The van der Waals surface area contributed by atoms with Crippen LogP contribution in [0.3, 0.4) is 0 Å². The Morgan fingerprint density at radius 1 is 0.824 bits per heavy atom. The maximum absolute atomic E-state index is 13.5. The zero-order chi connectivity index (χ0) is 12.6. The first-order chi connectivity index (χ1) is 7.99. The van der Waals surface area contributed by atoms with Crippen molar-refractivity contribution in [2.24, 2.45) is 0 Å².